The Morgan fingerprint density at radius 2 is 1.76 bits per heavy atom. The second-order valence-corrected chi connectivity index (χ2v) is 9.88. The van der Waals surface area contributed by atoms with E-state index in [1.807, 2.05) is 36.9 Å². The van der Waals surface area contributed by atoms with Crippen LogP contribution in [0.4, 0.5) is 17.1 Å². The molecule has 0 radical (unpaired) electrons. The van der Waals surface area contributed by atoms with E-state index in [1.165, 1.54) is 5.56 Å². The molecule has 1 amide bonds. The number of anilines is 2. The molecule has 42 heavy (non-hydrogen) atoms. The summed E-state index contributed by atoms with van der Waals surface area (Å²) in [5.41, 5.74) is 6.22. The minimum absolute atomic E-state index is 0.109. The van der Waals surface area contributed by atoms with E-state index in [2.05, 4.69) is 34.6 Å². The van der Waals surface area contributed by atoms with Crippen molar-refractivity contribution in [3.8, 4) is 11.5 Å². The lowest BCUT2D eigenvalue weighted by Crippen LogP contribution is -2.29. The second-order valence-electron chi connectivity index (χ2n) is 9.88. The average molecular weight is 576 g/mol. The number of rotatable bonds is 16. The molecule has 1 aliphatic heterocycles. The van der Waals surface area contributed by atoms with Crippen LogP contribution in [0.25, 0.3) is 0 Å². The number of methoxy groups -OCH3 is 2. The fourth-order valence-electron chi connectivity index (χ4n) is 4.87. The number of benzene rings is 3. The standard InChI is InChI=1S/C33H41N3O6/c1-5-34-29-22-32(31(39-4)21-28(29)33(37)36-12-10-26-8-6-7-9-30(26)36)42-23-25-18-24(2)19-27(20-25)35-11-13-40-16-17-41-15-14-38-3/h5-9,18-22,35H,10-17,23H2,1-4H3. The third-order valence-corrected chi connectivity index (χ3v) is 6.82. The molecule has 9 heteroatoms. The fraction of sp³-hybridized carbons (Fsp3) is 0.394. The molecule has 1 N–H and O–H groups in total. The minimum Gasteiger partial charge on any atom is -0.493 e. The van der Waals surface area contributed by atoms with Crippen LogP contribution in [0.15, 0.2) is 59.6 Å². The van der Waals surface area contributed by atoms with Gasteiger partial charge in [-0.05, 0) is 61.2 Å². The van der Waals surface area contributed by atoms with Gasteiger partial charge in [0.2, 0.25) is 0 Å². The lowest BCUT2D eigenvalue weighted by Gasteiger charge is -2.20. The number of para-hydroxylation sites is 1. The van der Waals surface area contributed by atoms with Gasteiger partial charge in [-0.15, -0.1) is 0 Å². The molecule has 0 aromatic heterocycles. The summed E-state index contributed by atoms with van der Waals surface area (Å²) in [5, 5.41) is 3.41. The van der Waals surface area contributed by atoms with Gasteiger partial charge in [0, 0.05) is 43.9 Å². The summed E-state index contributed by atoms with van der Waals surface area (Å²) in [6.07, 6.45) is 2.51. The third kappa shape index (κ3) is 8.31. The molecule has 4 rings (SSSR count). The molecule has 1 aliphatic rings. The summed E-state index contributed by atoms with van der Waals surface area (Å²) >= 11 is 0. The molecule has 0 unspecified atom stereocenters. The van der Waals surface area contributed by atoms with E-state index >= 15 is 0 Å². The van der Waals surface area contributed by atoms with Crippen LogP contribution in [0, 0.1) is 6.92 Å². The van der Waals surface area contributed by atoms with Crippen LogP contribution in [-0.4, -0.2) is 72.5 Å². The Balaban J connectivity index is 1.40. The molecule has 9 nitrogen and oxygen atoms in total. The number of ether oxygens (including phenoxy) is 5. The zero-order valence-corrected chi connectivity index (χ0v) is 25.0. The Kier molecular flexibility index (Phi) is 11.8. The van der Waals surface area contributed by atoms with E-state index in [-0.39, 0.29) is 5.91 Å². The molecule has 0 aliphatic carbocycles. The van der Waals surface area contributed by atoms with Crippen LogP contribution in [0.3, 0.4) is 0 Å². The van der Waals surface area contributed by atoms with Crippen LogP contribution in [0.1, 0.15) is 34.0 Å². The number of hydrogen-bond donors (Lipinski definition) is 1. The quantitative estimate of drug-likeness (QED) is 0.176. The van der Waals surface area contributed by atoms with Crippen LogP contribution in [-0.2, 0) is 27.2 Å². The second kappa shape index (κ2) is 15.9. The summed E-state index contributed by atoms with van der Waals surface area (Å²) in [6.45, 7) is 8.32. The Bertz CT molecular complexity index is 1360. The van der Waals surface area contributed by atoms with Crippen molar-refractivity contribution in [2.45, 2.75) is 26.9 Å². The van der Waals surface area contributed by atoms with Crippen molar-refractivity contribution < 1.29 is 28.5 Å². The summed E-state index contributed by atoms with van der Waals surface area (Å²) in [5.74, 6) is 0.895. The van der Waals surface area contributed by atoms with Crippen LogP contribution in [0.2, 0.25) is 0 Å². The number of hydrogen-bond acceptors (Lipinski definition) is 8. The summed E-state index contributed by atoms with van der Waals surface area (Å²) in [6, 6.07) is 17.7. The van der Waals surface area contributed by atoms with Gasteiger partial charge < -0.3 is 33.9 Å². The van der Waals surface area contributed by atoms with E-state index in [0.717, 1.165) is 28.9 Å². The molecule has 0 fully saturated rings. The first-order valence-corrected chi connectivity index (χ1v) is 14.3. The summed E-state index contributed by atoms with van der Waals surface area (Å²) in [7, 11) is 3.23. The van der Waals surface area contributed by atoms with Crippen LogP contribution < -0.4 is 19.7 Å². The smallest absolute Gasteiger partial charge is 0.260 e. The van der Waals surface area contributed by atoms with Crippen molar-refractivity contribution >= 4 is 29.2 Å². The molecule has 0 atom stereocenters. The highest BCUT2D eigenvalue weighted by Gasteiger charge is 2.28. The number of nitrogens with zero attached hydrogens (tertiary/aromatic N) is 2. The van der Waals surface area contributed by atoms with Gasteiger partial charge in [-0.2, -0.15) is 0 Å². The lowest BCUT2D eigenvalue weighted by atomic mass is 10.1. The number of amides is 1. The van der Waals surface area contributed by atoms with E-state index in [0.29, 0.717) is 75.5 Å². The molecule has 0 saturated carbocycles. The number of carbonyl (C=O) groups excluding carboxylic acids is 1. The Labute approximate surface area is 248 Å². The molecule has 0 spiro atoms. The summed E-state index contributed by atoms with van der Waals surface area (Å²) < 4.78 is 27.9. The first-order chi connectivity index (χ1) is 20.5. The minimum atomic E-state index is -0.109. The van der Waals surface area contributed by atoms with E-state index < -0.39 is 0 Å². The number of aryl methyl sites for hydroxylation is 1. The van der Waals surface area contributed by atoms with E-state index in [4.69, 9.17) is 23.7 Å². The van der Waals surface area contributed by atoms with Gasteiger partial charge >= 0.3 is 0 Å². The normalized spacial score (nSPS) is 12.5. The number of fused-ring (bicyclic) bond motifs is 1. The highest BCUT2D eigenvalue weighted by Crippen LogP contribution is 2.38. The fourth-order valence-corrected chi connectivity index (χ4v) is 4.87. The number of nitrogens with one attached hydrogen (secondary N) is 1. The molecule has 1 heterocycles. The molecular weight excluding hydrogens is 534 g/mol. The van der Waals surface area contributed by atoms with Crippen molar-refractivity contribution in [1.29, 1.82) is 0 Å². The van der Waals surface area contributed by atoms with Gasteiger partial charge in [-0.3, -0.25) is 9.79 Å². The van der Waals surface area contributed by atoms with Gasteiger partial charge in [0.15, 0.2) is 11.5 Å². The van der Waals surface area contributed by atoms with Gasteiger partial charge in [-0.25, -0.2) is 0 Å². The first kappa shape index (κ1) is 31.0. The van der Waals surface area contributed by atoms with Crippen molar-refractivity contribution in [2.24, 2.45) is 4.99 Å². The molecule has 3 aromatic carbocycles. The third-order valence-electron chi connectivity index (χ3n) is 6.82. The molecule has 3 aromatic rings. The number of carbonyl (C=O) groups is 1. The monoisotopic (exact) mass is 575 g/mol. The maximum absolute atomic E-state index is 13.7. The molecule has 224 valence electrons. The molecule has 0 bridgehead atoms. The lowest BCUT2D eigenvalue weighted by molar-refractivity contribution is 0.0272. The van der Waals surface area contributed by atoms with Crippen LogP contribution >= 0.6 is 0 Å². The zero-order valence-electron chi connectivity index (χ0n) is 25.0. The van der Waals surface area contributed by atoms with Crippen molar-refractivity contribution in [3.63, 3.8) is 0 Å². The molecular formula is C33H41N3O6. The van der Waals surface area contributed by atoms with E-state index in [1.54, 1.807) is 32.6 Å². The summed E-state index contributed by atoms with van der Waals surface area (Å²) in [4.78, 5) is 20.0. The molecule has 0 saturated heterocycles. The van der Waals surface area contributed by atoms with Gasteiger partial charge in [0.05, 0.1) is 51.4 Å². The van der Waals surface area contributed by atoms with Crippen molar-refractivity contribution in [3.05, 3.63) is 76.9 Å². The Morgan fingerprint density at radius 3 is 2.55 bits per heavy atom. The average Bonchev–Trinajstić information content (AvgIpc) is 3.43. The predicted octanol–water partition coefficient (Wildman–Crippen LogP) is 5.60. The first-order valence-electron chi connectivity index (χ1n) is 14.3. The maximum atomic E-state index is 13.7. The van der Waals surface area contributed by atoms with Crippen molar-refractivity contribution in [1.82, 2.24) is 0 Å². The van der Waals surface area contributed by atoms with Gasteiger partial charge in [0.25, 0.3) is 5.91 Å². The number of aliphatic imine (C=N–C) groups is 1. The van der Waals surface area contributed by atoms with E-state index in [9.17, 15) is 4.79 Å². The van der Waals surface area contributed by atoms with Gasteiger partial charge in [-0.1, -0.05) is 24.3 Å². The highest BCUT2D eigenvalue weighted by atomic mass is 16.5. The topological polar surface area (TPSA) is 90.9 Å². The van der Waals surface area contributed by atoms with Gasteiger partial charge in [0.1, 0.15) is 6.61 Å². The highest BCUT2D eigenvalue weighted by molar-refractivity contribution is 6.11. The Morgan fingerprint density at radius 1 is 0.976 bits per heavy atom. The SMILES string of the molecule is CC=Nc1cc(OCc2cc(C)cc(NCCOCCOCCOC)c2)c(OC)cc1C(=O)N1CCc2ccccc21. The maximum Gasteiger partial charge on any atom is 0.260 e. The Hall–Kier alpha value is -3.92. The largest absolute Gasteiger partial charge is 0.493 e. The van der Waals surface area contributed by atoms with Crippen LogP contribution in [0.5, 0.6) is 11.5 Å². The van der Waals surface area contributed by atoms with Crippen molar-refractivity contribution in [2.75, 3.05) is 70.6 Å². The predicted molar refractivity (Wildman–Crippen MR) is 166 cm³/mol. The zero-order chi connectivity index (χ0) is 29.7.